The maximum absolute atomic E-state index is 5.67. The van der Waals surface area contributed by atoms with Gasteiger partial charge in [0.1, 0.15) is 5.60 Å². The van der Waals surface area contributed by atoms with Crippen molar-refractivity contribution in [1.29, 1.82) is 0 Å². The molecule has 2 fully saturated rings. The van der Waals surface area contributed by atoms with Crippen LogP contribution in [0, 0.1) is 0 Å². The van der Waals surface area contributed by atoms with Gasteiger partial charge in [-0.05, 0) is 12.8 Å². The van der Waals surface area contributed by atoms with E-state index in [4.69, 9.17) is 14.0 Å². The fourth-order valence-corrected chi connectivity index (χ4v) is 3.09. The maximum Gasteiger partial charge on any atom is 0.240 e. The van der Waals surface area contributed by atoms with Crippen LogP contribution in [0.3, 0.4) is 0 Å². The lowest BCUT2D eigenvalue weighted by Gasteiger charge is -2.32. The standard InChI is InChI=1S/C14H23N3O3/c1-18-14(6-8-19-9-7-14)13-16-12(20-17-13)10-15-11-4-2-3-5-11/h11,15H,2-10H2,1H3. The molecule has 6 heteroatoms. The zero-order chi connectivity index (χ0) is 13.8. The fourth-order valence-electron chi connectivity index (χ4n) is 3.09. The summed E-state index contributed by atoms with van der Waals surface area (Å²) in [6, 6.07) is 0.602. The first-order chi connectivity index (χ1) is 9.82. The van der Waals surface area contributed by atoms with Crippen molar-refractivity contribution < 1.29 is 14.0 Å². The van der Waals surface area contributed by atoms with Gasteiger partial charge >= 0.3 is 0 Å². The van der Waals surface area contributed by atoms with Crippen molar-refractivity contribution in [1.82, 2.24) is 15.5 Å². The molecule has 3 rings (SSSR count). The summed E-state index contributed by atoms with van der Waals surface area (Å²) in [6.45, 7) is 2.00. The van der Waals surface area contributed by atoms with Crippen LogP contribution in [0.25, 0.3) is 0 Å². The van der Waals surface area contributed by atoms with Gasteiger partial charge < -0.3 is 19.3 Å². The average molecular weight is 281 g/mol. The second-order valence-electron chi connectivity index (χ2n) is 5.68. The molecule has 0 unspecified atom stereocenters. The molecule has 0 bridgehead atoms. The van der Waals surface area contributed by atoms with Crippen molar-refractivity contribution in [2.24, 2.45) is 0 Å². The molecule has 1 N–H and O–H groups in total. The lowest BCUT2D eigenvalue weighted by Crippen LogP contribution is -2.36. The third kappa shape index (κ3) is 2.87. The number of nitrogens with one attached hydrogen (secondary N) is 1. The lowest BCUT2D eigenvalue weighted by molar-refractivity contribution is -0.101. The Bertz CT molecular complexity index is 423. The molecule has 112 valence electrons. The van der Waals surface area contributed by atoms with Gasteiger partial charge in [0.2, 0.25) is 11.7 Å². The Morgan fingerprint density at radius 3 is 2.75 bits per heavy atom. The Balaban J connectivity index is 1.62. The number of rotatable bonds is 5. The van der Waals surface area contributed by atoms with Crippen LogP contribution in [-0.2, 0) is 21.6 Å². The van der Waals surface area contributed by atoms with Gasteiger partial charge in [-0.1, -0.05) is 18.0 Å². The number of hydrogen-bond donors (Lipinski definition) is 1. The fraction of sp³-hybridized carbons (Fsp3) is 0.857. The largest absolute Gasteiger partial charge is 0.381 e. The van der Waals surface area contributed by atoms with E-state index in [0.717, 1.165) is 12.8 Å². The molecule has 1 aromatic heterocycles. The second kappa shape index (κ2) is 6.20. The van der Waals surface area contributed by atoms with E-state index in [1.165, 1.54) is 25.7 Å². The van der Waals surface area contributed by atoms with Crippen LogP contribution in [0.15, 0.2) is 4.52 Å². The molecule has 0 radical (unpaired) electrons. The van der Waals surface area contributed by atoms with Crippen molar-refractivity contribution in [3.63, 3.8) is 0 Å². The highest BCUT2D eigenvalue weighted by Crippen LogP contribution is 2.33. The van der Waals surface area contributed by atoms with Crippen molar-refractivity contribution in [2.45, 2.75) is 56.7 Å². The molecule has 6 nitrogen and oxygen atoms in total. The topological polar surface area (TPSA) is 69.4 Å². The van der Waals surface area contributed by atoms with Crippen LogP contribution in [0.4, 0.5) is 0 Å². The molecule has 1 saturated carbocycles. The minimum Gasteiger partial charge on any atom is -0.381 e. The normalized spacial score (nSPS) is 23.2. The molecule has 0 atom stereocenters. The van der Waals surface area contributed by atoms with Crippen molar-refractivity contribution >= 4 is 0 Å². The smallest absolute Gasteiger partial charge is 0.240 e. The Kier molecular flexibility index (Phi) is 4.33. The van der Waals surface area contributed by atoms with E-state index in [0.29, 0.717) is 37.5 Å². The number of nitrogens with zero attached hydrogens (tertiary/aromatic N) is 2. The molecule has 2 aliphatic rings. The van der Waals surface area contributed by atoms with Crippen LogP contribution in [0.5, 0.6) is 0 Å². The van der Waals surface area contributed by atoms with E-state index in [-0.39, 0.29) is 0 Å². The number of methoxy groups -OCH3 is 1. The summed E-state index contributed by atoms with van der Waals surface area (Å²) in [7, 11) is 1.71. The Labute approximate surface area is 119 Å². The summed E-state index contributed by atoms with van der Waals surface area (Å²) in [4.78, 5) is 4.52. The SMILES string of the molecule is COC1(c2noc(CNC3CCCC3)n2)CCOCC1. The molecular weight excluding hydrogens is 258 g/mol. The van der Waals surface area contributed by atoms with Gasteiger partial charge in [0.15, 0.2) is 0 Å². The van der Waals surface area contributed by atoms with Gasteiger partial charge in [0.05, 0.1) is 6.54 Å². The Hall–Kier alpha value is -0.980. The molecular formula is C14H23N3O3. The third-order valence-electron chi connectivity index (χ3n) is 4.46. The van der Waals surface area contributed by atoms with E-state index in [2.05, 4.69) is 15.5 Å². The van der Waals surface area contributed by atoms with Crippen LogP contribution in [0.2, 0.25) is 0 Å². The molecule has 2 heterocycles. The summed E-state index contributed by atoms with van der Waals surface area (Å²) in [6.07, 6.45) is 6.69. The zero-order valence-corrected chi connectivity index (χ0v) is 12.1. The highest BCUT2D eigenvalue weighted by molar-refractivity contribution is 5.03. The van der Waals surface area contributed by atoms with Crippen LogP contribution in [-0.4, -0.2) is 36.5 Å². The average Bonchev–Trinajstić information content (AvgIpc) is 3.17. The van der Waals surface area contributed by atoms with Gasteiger partial charge in [-0.15, -0.1) is 0 Å². The molecule has 1 saturated heterocycles. The summed E-state index contributed by atoms with van der Waals surface area (Å²) in [5.74, 6) is 1.31. The predicted octanol–water partition coefficient (Wildman–Crippen LogP) is 1.75. The minimum atomic E-state index is -0.437. The van der Waals surface area contributed by atoms with E-state index in [1.807, 2.05) is 0 Å². The van der Waals surface area contributed by atoms with Gasteiger partial charge in [-0.2, -0.15) is 4.98 Å². The first-order valence-electron chi connectivity index (χ1n) is 7.52. The van der Waals surface area contributed by atoms with Crippen LogP contribution in [0.1, 0.15) is 50.2 Å². The molecule has 0 amide bonds. The van der Waals surface area contributed by atoms with E-state index in [9.17, 15) is 0 Å². The Morgan fingerprint density at radius 1 is 1.30 bits per heavy atom. The molecule has 0 spiro atoms. The van der Waals surface area contributed by atoms with Crippen molar-refractivity contribution in [2.75, 3.05) is 20.3 Å². The molecule has 0 aromatic carbocycles. The Morgan fingerprint density at radius 2 is 2.05 bits per heavy atom. The summed E-state index contributed by atoms with van der Waals surface area (Å²) in [5, 5.41) is 7.60. The lowest BCUT2D eigenvalue weighted by atomic mass is 9.93. The molecule has 1 aliphatic carbocycles. The summed E-state index contributed by atoms with van der Waals surface area (Å²) in [5.41, 5.74) is -0.437. The van der Waals surface area contributed by atoms with Crippen molar-refractivity contribution in [3.05, 3.63) is 11.7 Å². The molecule has 20 heavy (non-hydrogen) atoms. The first-order valence-corrected chi connectivity index (χ1v) is 7.52. The van der Waals surface area contributed by atoms with Gasteiger partial charge in [-0.3, -0.25) is 0 Å². The molecule has 1 aromatic rings. The minimum absolute atomic E-state index is 0.437. The van der Waals surface area contributed by atoms with Crippen molar-refractivity contribution in [3.8, 4) is 0 Å². The zero-order valence-electron chi connectivity index (χ0n) is 12.1. The van der Waals surface area contributed by atoms with E-state index < -0.39 is 5.60 Å². The highest BCUT2D eigenvalue weighted by atomic mass is 16.5. The maximum atomic E-state index is 5.67. The van der Waals surface area contributed by atoms with E-state index >= 15 is 0 Å². The number of hydrogen-bond acceptors (Lipinski definition) is 6. The summed E-state index contributed by atoms with van der Waals surface area (Å²) < 4.78 is 16.4. The van der Waals surface area contributed by atoms with Crippen LogP contribution >= 0.6 is 0 Å². The quantitative estimate of drug-likeness (QED) is 0.887. The molecule has 1 aliphatic heterocycles. The number of ether oxygens (including phenoxy) is 2. The van der Waals surface area contributed by atoms with Crippen LogP contribution < -0.4 is 5.32 Å². The van der Waals surface area contributed by atoms with Gasteiger partial charge in [0, 0.05) is 39.2 Å². The van der Waals surface area contributed by atoms with Gasteiger partial charge in [-0.25, -0.2) is 0 Å². The second-order valence-corrected chi connectivity index (χ2v) is 5.68. The third-order valence-corrected chi connectivity index (χ3v) is 4.46. The van der Waals surface area contributed by atoms with E-state index in [1.54, 1.807) is 7.11 Å². The monoisotopic (exact) mass is 281 g/mol. The highest BCUT2D eigenvalue weighted by Gasteiger charge is 2.39. The summed E-state index contributed by atoms with van der Waals surface area (Å²) >= 11 is 0. The number of aromatic nitrogens is 2. The van der Waals surface area contributed by atoms with Gasteiger partial charge in [0.25, 0.3) is 0 Å². The predicted molar refractivity (Wildman–Crippen MR) is 72.1 cm³/mol. The first kappa shape index (κ1) is 14.0.